The fraction of sp³-hybridized carbons (Fsp3) is 0.583. The lowest BCUT2D eigenvalue weighted by atomic mass is 10.1. The lowest BCUT2D eigenvalue weighted by Gasteiger charge is -2.20. The van der Waals surface area contributed by atoms with Crippen LogP contribution in [0.3, 0.4) is 0 Å². The topological polar surface area (TPSA) is 80.3 Å². The van der Waals surface area contributed by atoms with E-state index in [0.29, 0.717) is 12.3 Å². The fourth-order valence-corrected chi connectivity index (χ4v) is 3.61. The van der Waals surface area contributed by atoms with Gasteiger partial charge in [0.1, 0.15) is 4.90 Å². The summed E-state index contributed by atoms with van der Waals surface area (Å²) in [6, 6.07) is 1.38. The van der Waals surface area contributed by atoms with Crippen LogP contribution in [-0.4, -0.2) is 39.2 Å². The van der Waals surface area contributed by atoms with E-state index in [-0.39, 0.29) is 17.0 Å². The van der Waals surface area contributed by atoms with Crippen molar-refractivity contribution >= 4 is 15.7 Å². The van der Waals surface area contributed by atoms with Crippen molar-refractivity contribution in [3.05, 3.63) is 18.5 Å². The zero-order valence-corrected chi connectivity index (χ0v) is 11.9. The Bertz CT molecular complexity index is 527. The van der Waals surface area contributed by atoms with Crippen LogP contribution in [0.2, 0.25) is 0 Å². The van der Waals surface area contributed by atoms with E-state index in [9.17, 15) is 8.42 Å². The van der Waals surface area contributed by atoms with E-state index < -0.39 is 10.0 Å². The molecule has 1 aromatic rings. The number of anilines is 1. The largest absolute Gasteiger partial charge is 0.387 e. The number of nitrogens with zero attached hydrogens (tertiary/aromatic N) is 1. The molecule has 0 aliphatic carbocycles. The Morgan fingerprint density at radius 3 is 2.95 bits per heavy atom. The summed E-state index contributed by atoms with van der Waals surface area (Å²) in [7, 11) is -1.92. The van der Waals surface area contributed by atoms with Gasteiger partial charge in [0.05, 0.1) is 11.8 Å². The Balaban J connectivity index is 2.17. The van der Waals surface area contributed by atoms with Crippen LogP contribution in [0.1, 0.15) is 19.8 Å². The highest BCUT2D eigenvalue weighted by Crippen LogP contribution is 2.21. The second-order valence-corrected chi connectivity index (χ2v) is 6.27. The van der Waals surface area contributed by atoms with E-state index in [0.717, 1.165) is 12.8 Å². The molecule has 0 aromatic carbocycles. The molecule has 0 saturated carbocycles. The van der Waals surface area contributed by atoms with Crippen molar-refractivity contribution in [1.29, 1.82) is 0 Å². The number of hydrogen-bond donors (Lipinski definition) is 2. The van der Waals surface area contributed by atoms with Gasteiger partial charge in [-0.2, -0.15) is 0 Å². The number of sulfonamides is 1. The number of hydrogen-bond acceptors (Lipinski definition) is 5. The van der Waals surface area contributed by atoms with Gasteiger partial charge in [-0.15, -0.1) is 0 Å². The number of ether oxygens (including phenoxy) is 1. The second-order valence-electron chi connectivity index (χ2n) is 4.58. The lowest BCUT2D eigenvalue weighted by molar-refractivity contribution is 0.0902. The van der Waals surface area contributed by atoms with Crippen molar-refractivity contribution in [1.82, 2.24) is 9.71 Å². The van der Waals surface area contributed by atoms with Crippen LogP contribution >= 0.6 is 0 Å². The Morgan fingerprint density at radius 1 is 1.53 bits per heavy atom. The SMILES string of the molecule is CNc1ccncc1S(=O)(=O)NC(C)C1CCCO1. The molecule has 1 aliphatic rings. The number of nitrogens with one attached hydrogen (secondary N) is 2. The summed E-state index contributed by atoms with van der Waals surface area (Å²) in [5.74, 6) is 0. The summed E-state index contributed by atoms with van der Waals surface area (Å²) in [6.45, 7) is 2.52. The summed E-state index contributed by atoms with van der Waals surface area (Å²) in [4.78, 5) is 4.03. The molecule has 1 aromatic heterocycles. The van der Waals surface area contributed by atoms with E-state index in [4.69, 9.17) is 4.74 Å². The van der Waals surface area contributed by atoms with Gasteiger partial charge in [0, 0.05) is 32.1 Å². The molecule has 2 heterocycles. The quantitative estimate of drug-likeness (QED) is 0.842. The molecule has 1 aliphatic heterocycles. The molecule has 106 valence electrons. The Hall–Kier alpha value is -1.18. The first kappa shape index (κ1) is 14.2. The monoisotopic (exact) mass is 285 g/mol. The Labute approximate surface area is 113 Å². The van der Waals surface area contributed by atoms with E-state index in [1.54, 1.807) is 19.3 Å². The normalized spacial score (nSPS) is 21.3. The molecule has 2 N–H and O–H groups in total. The van der Waals surface area contributed by atoms with Gasteiger partial charge in [0.15, 0.2) is 0 Å². The van der Waals surface area contributed by atoms with E-state index in [1.165, 1.54) is 6.20 Å². The van der Waals surface area contributed by atoms with E-state index in [2.05, 4.69) is 15.0 Å². The predicted molar refractivity (Wildman–Crippen MR) is 72.5 cm³/mol. The first-order valence-corrected chi connectivity index (χ1v) is 7.78. The number of rotatable bonds is 5. The van der Waals surface area contributed by atoms with Crippen molar-refractivity contribution in [3.63, 3.8) is 0 Å². The molecule has 7 heteroatoms. The highest BCUT2D eigenvalue weighted by atomic mass is 32.2. The number of aromatic nitrogens is 1. The van der Waals surface area contributed by atoms with E-state index in [1.807, 2.05) is 6.92 Å². The summed E-state index contributed by atoms with van der Waals surface area (Å²) in [5, 5.41) is 2.85. The molecule has 0 amide bonds. The maximum atomic E-state index is 12.3. The zero-order chi connectivity index (χ0) is 13.9. The molecule has 2 atom stereocenters. The second kappa shape index (κ2) is 5.85. The molecule has 0 spiro atoms. The van der Waals surface area contributed by atoms with Gasteiger partial charge in [-0.3, -0.25) is 4.98 Å². The minimum atomic E-state index is -3.59. The summed E-state index contributed by atoms with van der Waals surface area (Å²) < 4.78 is 32.8. The zero-order valence-electron chi connectivity index (χ0n) is 11.1. The molecule has 2 unspecified atom stereocenters. The minimum absolute atomic E-state index is 0.0514. The van der Waals surface area contributed by atoms with Crippen molar-refractivity contribution in [3.8, 4) is 0 Å². The third-order valence-electron chi connectivity index (χ3n) is 3.21. The highest BCUT2D eigenvalue weighted by Gasteiger charge is 2.28. The lowest BCUT2D eigenvalue weighted by Crippen LogP contribution is -2.40. The molecule has 6 nitrogen and oxygen atoms in total. The van der Waals surface area contributed by atoms with Crippen molar-refractivity contribution in [2.24, 2.45) is 0 Å². The predicted octanol–water partition coefficient (Wildman–Crippen LogP) is 0.969. The molecule has 0 radical (unpaired) electrons. The van der Waals surface area contributed by atoms with Crippen LogP contribution in [0, 0.1) is 0 Å². The average Bonchev–Trinajstić information content (AvgIpc) is 2.92. The van der Waals surface area contributed by atoms with Crippen molar-refractivity contribution < 1.29 is 13.2 Å². The van der Waals surface area contributed by atoms with Gasteiger partial charge in [-0.25, -0.2) is 13.1 Å². The van der Waals surface area contributed by atoms with Crippen molar-refractivity contribution in [2.45, 2.75) is 36.8 Å². The summed E-state index contributed by atoms with van der Waals surface area (Å²) in [6.07, 6.45) is 4.70. The van der Waals surface area contributed by atoms with Gasteiger partial charge >= 0.3 is 0 Å². The molecular formula is C12H19N3O3S. The first-order valence-electron chi connectivity index (χ1n) is 6.30. The summed E-state index contributed by atoms with van der Waals surface area (Å²) in [5.41, 5.74) is 0.530. The van der Waals surface area contributed by atoms with Crippen LogP contribution in [-0.2, 0) is 14.8 Å². The minimum Gasteiger partial charge on any atom is -0.387 e. The van der Waals surface area contributed by atoms with Crippen LogP contribution in [0.5, 0.6) is 0 Å². The van der Waals surface area contributed by atoms with Crippen LogP contribution < -0.4 is 10.0 Å². The molecule has 2 rings (SSSR count). The highest BCUT2D eigenvalue weighted by molar-refractivity contribution is 7.89. The molecule has 19 heavy (non-hydrogen) atoms. The maximum Gasteiger partial charge on any atom is 0.244 e. The average molecular weight is 285 g/mol. The van der Waals surface area contributed by atoms with Crippen LogP contribution in [0.15, 0.2) is 23.4 Å². The maximum absolute atomic E-state index is 12.3. The standard InChI is InChI=1S/C12H19N3O3S/c1-9(11-4-3-7-18-11)15-19(16,17)12-8-14-6-5-10(12)13-2/h5-6,8-9,11,15H,3-4,7H2,1-2H3,(H,13,14). The smallest absolute Gasteiger partial charge is 0.244 e. The van der Waals surface area contributed by atoms with Crippen molar-refractivity contribution in [2.75, 3.05) is 19.0 Å². The van der Waals surface area contributed by atoms with Crippen LogP contribution in [0.25, 0.3) is 0 Å². The van der Waals surface area contributed by atoms with Gasteiger partial charge in [-0.1, -0.05) is 0 Å². The third-order valence-corrected chi connectivity index (χ3v) is 4.79. The van der Waals surface area contributed by atoms with Gasteiger partial charge in [0.25, 0.3) is 0 Å². The third kappa shape index (κ3) is 3.23. The Morgan fingerprint density at radius 2 is 2.32 bits per heavy atom. The Kier molecular flexibility index (Phi) is 4.38. The van der Waals surface area contributed by atoms with Gasteiger partial charge < -0.3 is 10.1 Å². The molecule has 0 bridgehead atoms. The van der Waals surface area contributed by atoms with E-state index >= 15 is 0 Å². The van der Waals surface area contributed by atoms with Gasteiger partial charge in [-0.05, 0) is 25.8 Å². The first-order chi connectivity index (χ1) is 9.04. The summed E-state index contributed by atoms with van der Waals surface area (Å²) >= 11 is 0. The molecule has 1 fully saturated rings. The van der Waals surface area contributed by atoms with Crippen LogP contribution in [0.4, 0.5) is 5.69 Å². The van der Waals surface area contributed by atoms with Gasteiger partial charge in [0.2, 0.25) is 10.0 Å². The molecule has 1 saturated heterocycles. The molecular weight excluding hydrogens is 266 g/mol. The fourth-order valence-electron chi connectivity index (χ4n) is 2.18. The number of pyridine rings is 1.